The van der Waals surface area contributed by atoms with E-state index in [0.29, 0.717) is 29.0 Å². The minimum Gasteiger partial charge on any atom is -0.393 e. The first kappa shape index (κ1) is 19.5. The Morgan fingerprint density at radius 2 is 2.03 bits per heavy atom. The number of fused-ring (bicyclic) bond motifs is 5. The number of hydrogen-bond acceptors (Lipinski definition) is 3. The Hall–Kier alpha value is -1.42. The summed E-state index contributed by atoms with van der Waals surface area (Å²) >= 11 is 0. The Bertz CT molecular complexity index is 842. The average Bonchev–Trinajstić information content (AvgIpc) is 3.26. The summed E-state index contributed by atoms with van der Waals surface area (Å²) in [6.45, 7) is 7.70. The van der Waals surface area contributed by atoms with Gasteiger partial charge in [-0.1, -0.05) is 13.8 Å². The molecule has 4 nitrogen and oxygen atoms in total. The molecule has 0 radical (unpaired) electrons. The Morgan fingerprint density at radius 3 is 2.79 bits per heavy atom. The molecule has 0 spiro atoms. The molecule has 0 unspecified atom stereocenters. The maximum atomic E-state index is 13.5. The Balaban J connectivity index is 1.43. The van der Waals surface area contributed by atoms with Crippen molar-refractivity contribution in [3.05, 3.63) is 23.5 Å². The first-order valence-electron chi connectivity index (χ1n) is 11.8. The molecule has 1 heterocycles. The minimum atomic E-state index is -0.183. The number of aliphatic hydroxyl groups excluding tert-OH is 1. The quantitative estimate of drug-likeness (QED) is 0.726. The van der Waals surface area contributed by atoms with Crippen molar-refractivity contribution in [3.8, 4) is 0 Å². The van der Waals surface area contributed by atoms with Crippen LogP contribution in [0, 0.1) is 34.5 Å². The number of rotatable bonds is 2. The molecule has 5 rings (SSSR count). The molecule has 4 aliphatic carbocycles. The number of ketones is 1. The predicted octanol–water partition coefficient (Wildman–Crippen LogP) is 4.87. The predicted molar refractivity (Wildman–Crippen MR) is 114 cm³/mol. The zero-order chi connectivity index (χ0) is 20.4. The zero-order valence-corrected chi connectivity index (χ0v) is 18.2. The van der Waals surface area contributed by atoms with Crippen molar-refractivity contribution in [2.24, 2.45) is 34.5 Å². The van der Waals surface area contributed by atoms with Gasteiger partial charge in [0.2, 0.25) is 0 Å². The summed E-state index contributed by atoms with van der Waals surface area (Å²) in [7, 11) is 0. The molecule has 4 saturated carbocycles. The molecule has 4 aliphatic rings. The second-order valence-electron chi connectivity index (χ2n) is 10.8. The van der Waals surface area contributed by atoms with E-state index in [9.17, 15) is 9.90 Å². The average molecular weight is 397 g/mol. The van der Waals surface area contributed by atoms with Gasteiger partial charge in [0.05, 0.1) is 11.8 Å². The molecule has 29 heavy (non-hydrogen) atoms. The Labute approximate surface area is 174 Å². The highest BCUT2D eigenvalue weighted by molar-refractivity contribution is 6.05. The van der Waals surface area contributed by atoms with Gasteiger partial charge < -0.3 is 5.11 Å². The fourth-order valence-electron chi connectivity index (χ4n) is 7.84. The van der Waals surface area contributed by atoms with E-state index in [1.807, 2.05) is 16.9 Å². The molecule has 158 valence electrons. The molecule has 0 saturated heterocycles. The highest BCUT2D eigenvalue weighted by Gasteiger charge is 2.61. The third kappa shape index (κ3) is 2.89. The van der Waals surface area contributed by atoms with Crippen molar-refractivity contribution in [1.82, 2.24) is 9.78 Å². The van der Waals surface area contributed by atoms with Crippen molar-refractivity contribution >= 4 is 11.9 Å². The van der Waals surface area contributed by atoms with E-state index in [1.54, 1.807) is 0 Å². The van der Waals surface area contributed by atoms with Crippen LogP contribution in [0.5, 0.6) is 0 Å². The summed E-state index contributed by atoms with van der Waals surface area (Å²) in [5.74, 6) is 2.92. The number of nitrogens with zero attached hydrogens (tertiary/aromatic N) is 2. The molecular formula is C25H36N2O2. The standard InChI is InChI=1S/C25H36N2O2/c1-4-27-12-9-18(26-27)13-16-14-22-20-6-5-17-15-19(28)7-10-24(17,2)21(20)8-11-25(22,3)23(16)29/h9,12-13,17,19-22,28H,4-8,10-11,14-15H2,1-3H3/b16-13-/t17-,19+,20-,21+,22+,24-,25+/m0/s1. The van der Waals surface area contributed by atoms with Crippen LogP contribution in [0.1, 0.15) is 77.8 Å². The first-order valence-corrected chi connectivity index (χ1v) is 11.8. The zero-order valence-electron chi connectivity index (χ0n) is 18.2. The second-order valence-corrected chi connectivity index (χ2v) is 10.8. The van der Waals surface area contributed by atoms with Crippen molar-refractivity contribution < 1.29 is 9.90 Å². The number of aryl methyl sites for hydroxylation is 1. The lowest BCUT2D eigenvalue weighted by molar-refractivity contribution is -0.141. The molecular weight excluding hydrogens is 360 g/mol. The molecule has 0 aliphatic heterocycles. The lowest BCUT2D eigenvalue weighted by Gasteiger charge is -2.59. The number of aromatic nitrogens is 2. The van der Waals surface area contributed by atoms with Gasteiger partial charge in [-0.15, -0.1) is 0 Å². The molecule has 4 heteroatoms. The fraction of sp³-hybridized carbons (Fsp3) is 0.760. The Morgan fingerprint density at radius 1 is 1.21 bits per heavy atom. The number of carbonyl (C=O) groups excluding carboxylic acids is 1. The third-order valence-electron chi connectivity index (χ3n) is 9.59. The van der Waals surface area contributed by atoms with Crippen molar-refractivity contribution in [3.63, 3.8) is 0 Å². The molecule has 4 fully saturated rings. The summed E-state index contributed by atoms with van der Waals surface area (Å²) in [6, 6.07) is 2.02. The largest absolute Gasteiger partial charge is 0.393 e. The molecule has 0 aromatic carbocycles. The topological polar surface area (TPSA) is 55.1 Å². The normalized spacial score (nSPS) is 45.7. The lowest BCUT2D eigenvalue weighted by Crippen LogP contribution is -2.54. The van der Waals surface area contributed by atoms with Gasteiger partial charge in [-0.25, -0.2) is 0 Å². The van der Waals surface area contributed by atoms with Gasteiger partial charge in [0.25, 0.3) is 0 Å². The Kier molecular flexibility index (Phi) is 4.58. The third-order valence-corrected chi connectivity index (χ3v) is 9.59. The number of carbonyl (C=O) groups is 1. The first-order chi connectivity index (χ1) is 13.8. The second kappa shape index (κ2) is 6.80. The molecule has 1 aromatic heterocycles. The maximum Gasteiger partial charge on any atom is 0.165 e. The summed E-state index contributed by atoms with van der Waals surface area (Å²) in [4.78, 5) is 13.5. The number of aliphatic hydroxyl groups is 1. The van der Waals surface area contributed by atoms with Crippen LogP contribution in [-0.2, 0) is 11.3 Å². The highest BCUT2D eigenvalue weighted by Crippen LogP contribution is 2.66. The van der Waals surface area contributed by atoms with E-state index < -0.39 is 0 Å². The van der Waals surface area contributed by atoms with Crippen LogP contribution in [0.15, 0.2) is 17.8 Å². The number of Topliss-reactive ketones (excluding diaryl/α,β-unsaturated/α-hetero) is 1. The van der Waals surface area contributed by atoms with Gasteiger partial charge >= 0.3 is 0 Å². The summed E-state index contributed by atoms with van der Waals surface area (Å²) in [6.07, 6.45) is 12.7. The molecule has 1 aromatic rings. The van der Waals surface area contributed by atoms with E-state index in [-0.39, 0.29) is 11.5 Å². The maximum absolute atomic E-state index is 13.5. The van der Waals surface area contributed by atoms with Gasteiger partial charge in [0.15, 0.2) is 5.78 Å². The van der Waals surface area contributed by atoms with Crippen LogP contribution in [0.4, 0.5) is 0 Å². The van der Waals surface area contributed by atoms with Crippen LogP contribution in [0.2, 0.25) is 0 Å². The van der Waals surface area contributed by atoms with E-state index in [0.717, 1.165) is 55.8 Å². The van der Waals surface area contributed by atoms with Gasteiger partial charge in [0, 0.05) is 18.2 Å². The van der Waals surface area contributed by atoms with E-state index in [1.165, 1.54) is 19.3 Å². The minimum absolute atomic E-state index is 0.0935. The van der Waals surface area contributed by atoms with Crippen LogP contribution in [0.3, 0.4) is 0 Å². The van der Waals surface area contributed by atoms with Crippen LogP contribution in [-0.4, -0.2) is 26.8 Å². The fourth-order valence-corrected chi connectivity index (χ4v) is 7.84. The van der Waals surface area contributed by atoms with Gasteiger partial charge in [-0.05, 0) is 105 Å². The van der Waals surface area contributed by atoms with Crippen molar-refractivity contribution in [2.75, 3.05) is 0 Å². The molecule has 7 atom stereocenters. The van der Waals surface area contributed by atoms with E-state index in [4.69, 9.17) is 0 Å². The van der Waals surface area contributed by atoms with E-state index >= 15 is 0 Å². The smallest absolute Gasteiger partial charge is 0.165 e. The SMILES string of the molecule is CCn1ccc(/C=C2/C[C@@H]3[C@H]4CC[C@H]5C[C@H](O)CC[C@]5(C)[C@@H]4CC[C@@]3(C)C2=O)n1. The van der Waals surface area contributed by atoms with Gasteiger partial charge in [-0.2, -0.15) is 5.10 Å². The lowest BCUT2D eigenvalue weighted by atomic mass is 9.45. The van der Waals surface area contributed by atoms with Crippen molar-refractivity contribution in [1.29, 1.82) is 0 Å². The van der Waals surface area contributed by atoms with Crippen LogP contribution < -0.4 is 0 Å². The monoisotopic (exact) mass is 396 g/mol. The van der Waals surface area contributed by atoms with Gasteiger partial charge in [0.1, 0.15) is 0 Å². The molecule has 1 N–H and O–H groups in total. The van der Waals surface area contributed by atoms with Gasteiger partial charge in [-0.3, -0.25) is 9.48 Å². The van der Waals surface area contributed by atoms with Crippen molar-refractivity contribution in [2.45, 2.75) is 84.8 Å². The van der Waals surface area contributed by atoms with E-state index in [2.05, 4.69) is 31.9 Å². The number of hydrogen-bond donors (Lipinski definition) is 1. The van der Waals surface area contributed by atoms with Crippen LogP contribution >= 0.6 is 0 Å². The summed E-state index contributed by atoms with van der Waals surface area (Å²) in [5, 5.41) is 14.8. The summed E-state index contributed by atoms with van der Waals surface area (Å²) < 4.78 is 1.93. The highest BCUT2D eigenvalue weighted by atomic mass is 16.3. The summed E-state index contributed by atoms with van der Waals surface area (Å²) in [5.41, 5.74) is 2.10. The van der Waals surface area contributed by atoms with Crippen LogP contribution in [0.25, 0.3) is 6.08 Å². The molecule has 0 bridgehead atoms. The number of allylic oxidation sites excluding steroid dienone is 1. The molecule has 0 amide bonds.